The Morgan fingerprint density at radius 2 is 1.79 bits per heavy atom. The topological polar surface area (TPSA) is 41.1 Å². The molecule has 1 aromatic rings. The summed E-state index contributed by atoms with van der Waals surface area (Å²) in [5, 5.41) is 5.52. The molecule has 0 saturated carbocycles. The number of carbonyl (C=O) groups excluding carboxylic acids is 1. The minimum absolute atomic E-state index is 0.127. The van der Waals surface area contributed by atoms with Crippen molar-refractivity contribution in [2.24, 2.45) is 0 Å². The van der Waals surface area contributed by atoms with Gasteiger partial charge in [-0.3, -0.25) is 0 Å². The average Bonchev–Trinajstić information content (AvgIpc) is 2.35. The largest absolute Gasteiger partial charge is 0.323 e. The molecule has 0 aliphatic heterocycles. The second-order valence-corrected chi connectivity index (χ2v) is 5.77. The molecule has 104 valence electrons. The van der Waals surface area contributed by atoms with Gasteiger partial charge in [-0.25, -0.2) is 4.79 Å². The van der Waals surface area contributed by atoms with E-state index in [2.05, 4.69) is 38.3 Å². The highest BCUT2D eigenvalue weighted by Gasteiger charge is 2.12. The maximum Gasteiger partial charge on any atom is 0.323 e. The van der Waals surface area contributed by atoms with Gasteiger partial charge in [0.1, 0.15) is 0 Å². The third kappa shape index (κ3) is 5.16. The first kappa shape index (κ1) is 15.3. The van der Waals surface area contributed by atoms with E-state index >= 15 is 0 Å². The third-order valence-corrected chi connectivity index (χ3v) is 3.02. The van der Waals surface area contributed by atoms with Crippen molar-refractivity contribution in [3.63, 3.8) is 0 Å². The van der Waals surface area contributed by atoms with Crippen molar-refractivity contribution in [1.29, 1.82) is 0 Å². The van der Waals surface area contributed by atoms with Gasteiger partial charge in [-0.15, -0.1) is 0 Å². The van der Waals surface area contributed by atoms with Gasteiger partial charge in [-0.05, 0) is 36.5 Å². The molecule has 2 amide bonds. The zero-order valence-electron chi connectivity index (χ0n) is 12.5. The highest BCUT2D eigenvalue weighted by Crippen LogP contribution is 2.23. The quantitative estimate of drug-likeness (QED) is 0.830. The molecule has 0 atom stereocenters. The third-order valence-electron chi connectivity index (χ3n) is 3.02. The molecule has 1 aromatic carbocycles. The molecule has 19 heavy (non-hydrogen) atoms. The Balaban J connectivity index is 2.61. The van der Waals surface area contributed by atoms with Gasteiger partial charge in [0.25, 0.3) is 0 Å². The second-order valence-electron chi connectivity index (χ2n) is 5.77. The number of hydrogen-bond acceptors (Lipinski definition) is 1. The van der Waals surface area contributed by atoms with Crippen LogP contribution in [-0.2, 0) is 5.41 Å². The van der Waals surface area contributed by atoms with E-state index in [1.807, 2.05) is 31.2 Å². The monoisotopic (exact) mass is 260 g/mol. The molecule has 3 nitrogen and oxygen atoms in total. The first-order valence-corrected chi connectivity index (χ1v) is 6.66. The van der Waals surface area contributed by atoms with Crippen LogP contribution in [0, 0.1) is 0 Å². The van der Waals surface area contributed by atoms with Crippen molar-refractivity contribution in [2.75, 3.05) is 5.32 Å². The molecule has 0 aliphatic rings. The molecule has 3 heteroatoms. The van der Waals surface area contributed by atoms with E-state index in [1.165, 1.54) is 5.56 Å². The number of urea groups is 1. The predicted octanol–water partition coefficient (Wildman–Crippen LogP) is 4.42. The summed E-state index contributed by atoms with van der Waals surface area (Å²) in [4.78, 5) is 11.6. The van der Waals surface area contributed by atoms with Crippen LogP contribution in [0.1, 0.15) is 46.6 Å². The fraction of sp³-hybridized carbons (Fsp3) is 0.438. The Bertz CT molecular complexity index is 453. The minimum atomic E-state index is -0.212. The summed E-state index contributed by atoms with van der Waals surface area (Å²) >= 11 is 0. The van der Waals surface area contributed by atoms with Gasteiger partial charge in [0.2, 0.25) is 0 Å². The number of amides is 2. The van der Waals surface area contributed by atoms with Gasteiger partial charge in [0, 0.05) is 11.9 Å². The fourth-order valence-corrected chi connectivity index (χ4v) is 1.51. The van der Waals surface area contributed by atoms with Crippen LogP contribution in [0.4, 0.5) is 10.5 Å². The van der Waals surface area contributed by atoms with E-state index in [0.717, 1.165) is 17.7 Å². The smallest absolute Gasteiger partial charge is 0.314 e. The lowest BCUT2D eigenvalue weighted by Gasteiger charge is -2.19. The number of carbonyl (C=O) groups is 1. The van der Waals surface area contributed by atoms with Crippen molar-refractivity contribution in [3.8, 4) is 0 Å². The summed E-state index contributed by atoms with van der Waals surface area (Å²) in [7, 11) is 0. The summed E-state index contributed by atoms with van der Waals surface area (Å²) in [6, 6.07) is 7.73. The van der Waals surface area contributed by atoms with Crippen molar-refractivity contribution >= 4 is 11.7 Å². The highest BCUT2D eigenvalue weighted by molar-refractivity contribution is 5.89. The van der Waals surface area contributed by atoms with Gasteiger partial charge in [0.15, 0.2) is 0 Å². The first-order valence-electron chi connectivity index (χ1n) is 6.66. The number of hydrogen-bond donors (Lipinski definition) is 2. The van der Waals surface area contributed by atoms with Crippen molar-refractivity contribution < 1.29 is 4.79 Å². The van der Waals surface area contributed by atoms with Crippen molar-refractivity contribution in [1.82, 2.24) is 5.32 Å². The normalized spacial score (nSPS) is 12.2. The molecular formula is C16H24N2O. The number of nitrogens with one attached hydrogen (secondary N) is 2. The Labute approximate surface area is 116 Å². The molecule has 0 fully saturated rings. The molecule has 0 aromatic heterocycles. The molecule has 0 spiro atoms. The van der Waals surface area contributed by atoms with Crippen LogP contribution in [0.3, 0.4) is 0 Å². The van der Waals surface area contributed by atoms with Crippen LogP contribution in [0.25, 0.3) is 0 Å². The maximum atomic E-state index is 11.6. The number of anilines is 1. The van der Waals surface area contributed by atoms with Gasteiger partial charge in [-0.2, -0.15) is 0 Å². The minimum Gasteiger partial charge on any atom is -0.314 e. The van der Waals surface area contributed by atoms with Crippen LogP contribution >= 0.6 is 0 Å². The maximum absolute atomic E-state index is 11.6. The summed E-state index contributed by atoms with van der Waals surface area (Å²) < 4.78 is 0. The lowest BCUT2D eigenvalue weighted by molar-refractivity contribution is 0.255. The lowest BCUT2D eigenvalue weighted by Crippen LogP contribution is -2.24. The van der Waals surface area contributed by atoms with Crippen LogP contribution in [0.15, 0.2) is 36.0 Å². The summed E-state index contributed by atoms with van der Waals surface area (Å²) in [5.41, 5.74) is 3.31. The van der Waals surface area contributed by atoms with E-state index in [0.29, 0.717) is 0 Å². The van der Waals surface area contributed by atoms with Crippen LogP contribution < -0.4 is 10.6 Å². The molecule has 0 bridgehead atoms. The fourth-order valence-electron chi connectivity index (χ4n) is 1.51. The molecule has 0 unspecified atom stereocenters. The number of rotatable bonds is 3. The first-order chi connectivity index (χ1) is 8.82. The average molecular weight is 260 g/mol. The summed E-state index contributed by atoms with van der Waals surface area (Å²) in [6.45, 7) is 10.5. The van der Waals surface area contributed by atoms with Gasteiger partial charge >= 0.3 is 6.03 Å². The highest BCUT2D eigenvalue weighted by atomic mass is 16.2. The SMILES string of the molecule is CC/C(C)=C/NC(=O)Nc1ccc(C(C)(C)C)cc1. The van der Waals surface area contributed by atoms with Gasteiger partial charge in [-0.1, -0.05) is 45.4 Å². The van der Waals surface area contributed by atoms with E-state index in [9.17, 15) is 4.79 Å². The molecule has 0 heterocycles. The van der Waals surface area contributed by atoms with E-state index in [-0.39, 0.29) is 11.4 Å². The van der Waals surface area contributed by atoms with Gasteiger partial charge < -0.3 is 10.6 Å². The Hall–Kier alpha value is -1.77. The predicted molar refractivity (Wildman–Crippen MR) is 81.3 cm³/mol. The van der Waals surface area contributed by atoms with Crippen LogP contribution in [-0.4, -0.2) is 6.03 Å². The molecular weight excluding hydrogens is 236 g/mol. The van der Waals surface area contributed by atoms with Crippen LogP contribution in [0.2, 0.25) is 0 Å². The van der Waals surface area contributed by atoms with E-state index < -0.39 is 0 Å². The summed E-state index contributed by atoms with van der Waals surface area (Å²) in [6.07, 6.45) is 2.67. The van der Waals surface area contributed by atoms with Crippen molar-refractivity contribution in [2.45, 2.75) is 46.5 Å². The van der Waals surface area contributed by atoms with Gasteiger partial charge in [0.05, 0.1) is 0 Å². The lowest BCUT2D eigenvalue weighted by atomic mass is 9.87. The Kier molecular flexibility index (Phi) is 5.16. The number of benzene rings is 1. The van der Waals surface area contributed by atoms with E-state index in [1.54, 1.807) is 6.20 Å². The Morgan fingerprint density at radius 1 is 1.21 bits per heavy atom. The molecule has 0 saturated heterocycles. The summed E-state index contributed by atoms with van der Waals surface area (Å²) in [5.74, 6) is 0. The van der Waals surface area contributed by atoms with E-state index in [4.69, 9.17) is 0 Å². The zero-order valence-corrected chi connectivity index (χ0v) is 12.5. The van der Waals surface area contributed by atoms with Crippen LogP contribution in [0.5, 0.6) is 0 Å². The number of allylic oxidation sites excluding steroid dienone is 1. The molecule has 0 aliphatic carbocycles. The molecule has 0 radical (unpaired) electrons. The molecule has 2 N–H and O–H groups in total. The van der Waals surface area contributed by atoms with Crippen molar-refractivity contribution in [3.05, 3.63) is 41.6 Å². The zero-order chi connectivity index (χ0) is 14.5. The molecule has 1 rings (SSSR count). The second kappa shape index (κ2) is 6.41. The standard InChI is InChI=1S/C16H24N2O/c1-6-12(2)11-17-15(19)18-14-9-7-13(8-10-14)16(3,4)5/h7-11H,6H2,1-5H3,(H2,17,18,19)/b12-11+. The Morgan fingerprint density at radius 3 is 2.26 bits per heavy atom.